The monoisotopic (exact) mass is 460 g/mol. The molecule has 2 aromatic carbocycles. The van der Waals surface area contributed by atoms with E-state index >= 15 is 0 Å². The van der Waals surface area contributed by atoms with Crippen LogP contribution in [0, 0.1) is 0 Å². The number of hydrogen-bond acceptors (Lipinski definition) is 7. The maximum Gasteiger partial charge on any atom is 0.573 e. The molecule has 0 spiro atoms. The number of nitrogens with one attached hydrogen (secondary N) is 2. The lowest BCUT2D eigenvalue weighted by Crippen LogP contribution is -2.27. The molecule has 1 heterocycles. The first-order valence-electron chi connectivity index (χ1n) is 9.91. The van der Waals surface area contributed by atoms with Crippen LogP contribution in [0.2, 0.25) is 0 Å². The third-order valence-electron chi connectivity index (χ3n) is 4.15. The molecule has 0 unspecified atom stereocenters. The largest absolute Gasteiger partial charge is 0.573 e. The summed E-state index contributed by atoms with van der Waals surface area (Å²) >= 11 is 0. The molecule has 0 amide bonds. The fourth-order valence-corrected chi connectivity index (χ4v) is 2.86. The SMILES string of the molecule is COC(=O)c1ccc(Nc2cc(-c3cccc(OC(F)(F)F)c3)nc(NC(C)(C)C)n2)cc1. The predicted octanol–water partition coefficient (Wildman–Crippen LogP) is 5.78. The van der Waals surface area contributed by atoms with Crippen molar-refractivity contribution in [3.63, 3.8) is 0 Å². The maximum atomic E-state index is 12.6. The van der Waals surface area contributed by atoms with E-state index in [2.05, 4.69) is 25.3 Å². The molecule has 0 aliphatic carbocycles. The van der Waals surface area contributed by atoms with Gasteiger partial charge in [0.25, 0.3) is 0 Å². The van der Waals surface area contributed by atoms with Gasteiger partial charge in [-0.1, -0.05) is 12.1 Å². The predicted molar refractivity (Wildman–Crippen MR) is 119 cm³/mol. The van der Waals surface area contributed by atoms with Gasteiger partial charge in [0.05, 0.1) is 18.4 Å². The third-order valence-corrected chi connectivity index (χ3v) is 4.15. The lowest BCUT2D eigenvalue weighted by molar-refractivity contribution is -0.274. The van der Waals surface area contributed by atoms with Crippen LogP contribution in [0.1, 0.15) is 31.1 Å². The molecule has 3 rings (SSSR count). The Morgan fingerprint density at radius 3 is 2.27 bits per heavy atom. The summed E-state index contributed by atoms with van der Waals surface area (Å²) in [5.74, 6) is -0.115. The van der Waals surface area contributed by atoms with Crippen LogP contribution in [-0.4, -0.2) is 34.9 Å². The van der Waals surface area contributed by atoms with Crippen LogP contribution in [-0.2, 0) is 4.74 Å². The standard InChI is InChI=1S/C23H23F3N4O3/c1-22(2,3)30-21-28-18(15-6-5-7-17(12-15)33-23(24,25)26)13-19(29-21)27-16-10-8-14(9-11-16)20(31)32-4/h5-13H,1-4H3,(H2,27,28,29,30). The number of hydrogen-bond donors (Lipinski definition) is 2. The summed E-state index contributed by atoms with van der Waals surface area (Å²) < 4.78 is 46.6. The van der Waals surface area contributed by atoms with Gasteiger partial charge in [0.1, 0.15) is 11.6 Å². The Labute approximate surface area is 189 Å². The number of nitrogens with zero attached hydrogens (tertiary/aromatic N) is 2. The zero-order valence-electron chi connectivity index (χ0n) is 18.4. The number of esters is 1. The van der Waals surface area contributed by atoms with E-state index in [-0.39, 0.29) is 17.2 Å². The third kappa shape index (κ3) is 7.09. The van der Waals surface area contributed by atoms with Crippen molar-refractivity contribution in [3.8, 4) is 17.0 Å². The molecule has 0 radical (unpaired) electrons. The van der Waals surface area contributed by atoms with Crippen LogP contribution in [0.4, 0.5) is 30.6 Å². The molecular weight excluding hydrogens is 437 g/mol. The second kappa shape index (κ2) is 9.35. The van der Waals surface area contributed by atoms with E-state index in [0.717, 1.165) is 0 Å². The number of halogens is 3. The molecule has 2 N–H and O–H groups in total. The average molecular weight is 460 g/mol. The number of benzene rings is 2. The Balaban J connectivity index is 1.96. The van der Waals surface area contributed by atoms with Crippen LogP contribution in [0.5, 0.6) is 5.75 Å². The summed E-state index contributed by atoms with van der Waals surface area (Å²) in [5.41, 5.74) is 1.48. The number of rotatable bonds is 6. The van der Waals surface area contributed by atoms with Crippen molar-refractivity contribution in [2.24, 2.45) is 0 Å². The van der Waals surface area contributed by atoms with Crippen molar-refractivity contribution in [2.75, 3.05) is 17.7 Å². The van der Waals surface area contributed by atoms with Crippen LogP contribution in [0.3, 0.4) is 0 Å². The van der Waals surface area contributed by atoms with Gasteiger partial charge in [0, 0.05) is 22.9 Å². The molecule has 0 aliphatic heterocycles. The minimum Gasteiger partial charge on any atom is -0.465 e. The Morgan fingerprint density at radius 2 is 1.67 bits per heavy atom. The summed E-state index contributed by atoms with van der Waals surface area (Å²) in [6.45, 7) is 5.79. The Bertz CT molecular complexity index is 1130. The van der Waals surface area contributed by atoms with Crippen LogP contribution < -0.4 is 15.4 Å². The zero-order valence-corrected chi connectivity index (χ0v) is 18.4. The number of alkyl halides is 3. The highest BCUT2D eigenvalue weighted by atomic mass is 19.4. The van der Waals surface area contributed by atoms with Crippen LogP contribution >= 0.6 is 0 Å². The summed E-state index contributed by atoms with van der Waals surface area (Å²) in [5, 5.41) is 6.29. The van der Waals surface area contributed by atoms with E-state index in [9.17, 15) is 18.0 Å². The number of carbonyl (C=O) groups excluding carboxylic acids is 1. The molecule has 0 saturated heterocycles. The van der Waals surface area contributed by atoms with Gasteiger partial charge >= 0.3 is 12.3 Å². The van der Waals surface area contributed by atoms with Crippen molar-refractivity contribution in [2.45, 2.75) is 32.7 Å². The average Bonchev–Trinajstić information content (AvgIpc) is 2.71. The van der Waals surface area contributed by atoms with Crippen molar-refractivity contribution < 1.29 is 27.4 Å². The van der Waals surface area contributed by atoms with Crippen LogP contribution in [0.15, 0.2) is 54.6 Å². The first kappa shape index (κ1) is 23.8. The van der Waals surface area contributed by atoms with E-state index in [1.807, 2.05) is 20.8 Å². The van der Waals surface area contributed by atoms with E-state index in [0.29, 0.717) is 28.3 Å². The fraction of sp³-hybridized carbons (Fsp3) is 0.261. The molecular formula is C23H23F3N4O3. The zero-order chi connectivity index (χ0) is 24.2. The van der Waals surface area contributed by atoms with E-state index in [1.165, 1.54) is 25.3 Å². The molecule has 0 atom stereocenters. The highest BCUT2D eigenvalue weighted by Crippen LogP contribution is 2.29. The summed E-state index contributed by atoms with van der Waals surface area (Å²) in [4.78, 5) is 20.5. The van der Waals surface area contributed by atoms with Crippen LogP contribution in [0.25, 0.3) is 11.3 Å². The van der Waals surface area contributed by atoms with Crippen molar-refractivity contribution >= 4 is 23.4 Å². The summed E-state index contributed by atoms with van der Waals surface area (Å²) in [7, 11) is 1.30. The number of ether oxygens (including phenoxy) is 2. The lowest BCUT2D eigenvalue weighted by Gasteiger charge is -2.21. The number of carbonyl (C=O) groups is 1. The number of aromatic nitrogens is 2. The molecule has 0 aliphatic rings. The minimum atomic E-state index is -4.80. The molecule has 10 heteroatoms. The van der Waals surface area contributed by atoms with E-state index in [4.69, 9.17) is 4.74 Å². The van der Waals surface area contributed by atoms with E-state index < -0.39 is 12.3 Å². The second-order valence-corrected chi connectivity index (χ2v) is 8.11. The molecule has 1 aromatic heterocycles. The first-order chi connectivity index (χ1) is 15.4. The Kier molecular flexibility index (Phi) is 6.75. The van der Waals surface area contributed by atoms with Gasteiger partial charge in [-0.15, -0.1) is 13.2 Å². The maximum absolute atomic E-state index is 12.6. The minimum absolute atomic E-state index is 0.288. The molecule has 33 heavy (non-hydrogen) atoms. The molecule has 0 bridgehead atoms. The van der Waals surface area contributed by atoms with Gasteiger partial charge in [0.2, 0.25) is 5.95 Å². The van der Waals surface area contributed by atoms with Gasteiger partial charge in [-0.2, -0.15) is 4.98 Å². The highest BCUT2D eigenvalue weighted by Gasteiger charge is 2.31. The van der Waals surface area contributed by atoms with E-state index in [1.54, 1.807) is 36.4 Å². The second-order valence-electron chi connectivity index (χ2n) is 8.11. The number of methoxy groups -OCH3 is 1. The molecule has 174 valence electrons. The molecule has 3 aromatic rings. The van der Waals surface area contributed by atoms with Crippen molar-refractivity contribution in [1.82, 2.24) is 9.97 Å². The summed E-state index contributed by atoms with van der Waals surface area (Å²) in [6.07, 6.45) is -4.80. The van der Waals surface area contributed by atoms with Gasteiger partial charge < -0.3 is 20.1 Å². The Hall–Kier alpha value is -3.82. The molecule has 0 fully saturated rings. The van der Waals surface area contributed by atoms with Gasteiger partial charge in [0.15, 0.2) is 0 Å². The van der Waals surface area contributed by atoms with Gasteiger partial charge in [-0.05, 0) is 57.2 Å². The quantitative estimate of drug-likeness (QED) is 0.451. The smallest absolute Gasteiger partial charge is 0.465 e. The van der Waals surface area contributed by atoms with Gasteiger partial charge in [-0.25, -0.2) is 9.78 Å². The highest BCUT2D eigenvalue weighted by molar-refractivity contribution is 5.89. The topological polar surface area (TPSA) is 85.4 Å². The molecule has 0 saturated carbocycles. The fourth-order valence-electron chi connectivity index (χ4n) is 2.86. The Morgan fingerprint density at radius 1 is 0.970 bits per heavy atom. The summed E-state index contributed by atoms with van der Waals surface area (Å²) in [6, 6.07) is 13.7. The first-order valence-corrected chi connectivity index (χ1v) is 9.91. The normalized spacial score (nSPS) is 11.6. The van der Waals surface area contributed by atoms with Gasteiger partial charge in [-0.3, -0.25) is 0 Å². The molecule has 7 nitrogen and oxygen atoms in total. The van der Waals surface area contributed by atoms with Crippen molar-refractivity contribution in [1.29, 1.82) is 0 Å². The lowest BCUT2D eigenvalue weighted by atomic mass is 10.1. The van der Waals surface area contributed by atoms with Crippen molar-refractivity contribution in [3.05, 3.63) is 60.2 Å². The number of anilines is 3.